The average molecular weight is 454 g/mol. The predicted molar refractivity (Wildman–Crippen MR) is 117 cm³/mol. The highest BCUT2D eigenvalue weighted by atomic mass is 35.5. The predicted octanol–water partition coefficient (Wildman–Crippen LogP) is 4.76. The van der Waals surface area contributed by atoms with Crippen LogP contribution in [0.3, 0.4) is 0 Å². The molecular weight excluding hydrogens is 438 g/mol. The summed E-state index contributed by atoms with van der Waals surface area (Å²) in [4.78, 5) is 16.5. The Morgan fingerprint density at radius 2 is 1.65 bits per heavy atom. The van der Waals surface area contributed by atoms with Crippen molar-refractivity contribution in [2.75, 3.05) is 0 Å². The van der Waals surface area contributed by atoms with E-state index in [1.54, 1.807) is 30.3 Å². The highest BCUT2D eigenvalue weighted by Crippen LogP contribution is 2.27. The molecule has 1 aliphatic heterocycles. The van der Waals surface area contributed by atoms with Gasteiger partial charge in [-0.25, -0.2) is 9.79 Å². The summed E-state index contributed by atoms with van der Waals surface area (Å²) in [7, 11) is -4.10. The van der Waals surface area contributed by atoms with Gasteiger partial charge in [0.1, 0.15) is 10.6 Å². The molecule has 0 radical (unpaired) electrons. The van der Waals surface area contributed by atoms with Crippen LogP contribution in [0.2, 0.25) is 5.02 Å². The van der Waals surface area contributed by atoms with E-state index in [1.807, 2.05) is 19.1 Å². The van der Waals surface area contributed by atoms with Crippen molar-refractivity contribution >= 4 is 39.7 Å². The summed E-state index contributed by atoms with van der Waals surface area (Å²) in [5, 5.41) is 0.408. The molecule has 0 saturated heterocycles. The number of hydrogen-bond acceptors (Lipinski definition) is 6. The Labute approximate surface area is 184 Å². The Bertz CT molecular complexity index is 1310. The second-order valence-corrected chi connectivity index (χ2v) is 8.71. The summed E-state index contributed by atoms with van der Waals surface area (Å²) in [5.41, 5.74) is 2.13. The van der Waals surface area contributed by atoms with Gasteiger partial charge >= 0.3 is 16.1 Å². The van der Waals surface area contributed by atoms with Gasteiger partial charge in [0.15, 0.2) is 5.70 Å². The number of esters is 1. The molecule has 0 atom stereocenters. The zero-order valence-electron chi connectivity index (χ0n) is 16.3. The van der Waals surface area contributed by atoms with E-state index >= 15 is 0 Å². The van der Waals surface area contributed by atoms with Gasteiger partial charge in [0, 0.05) is 16.1 Å². The van der Waals surface area contributed by atoms with Gasteiger partial charge in [0.25, 0.3) is 0 Å². The normalized spacial score (nSPS) is 15.0. The molecule has 4 rings (SSSR count). The van der Waals surface area contributed by atoms with Crippen LogP contribution in [0.5, 0.6) is 5.75 Å². The average Bonchev–Trinajstić information content (AvgIpc) is 3.10. The monoisotopic (exact) mass is 453 g/mol. The lowest BCUT2D eigenvalue weighted by atomic mass is 10.1. The van der Waals surface area contributed by atoms with Gasteiger partial charge < -0.3 is 8.92 Å². The zero-order valence-corrected chi connectivity index (χ0v) is 17.9. The number of cyclic esters (lactones) is 1. The lowest BCUT2D eigenvalue weighted by Gasteiger charge is -2.09. The van der Waals surface area contributed by atoms with Crippen LogP contribution in [0, 0.1) is 6.92 Å². The van der Waals surface area contributed by atoms with E-state index in [0.29, 0.717) is 16.1 Å². The Morgan fingerprint density at radius 1 is 0.968 bits per heavy atom. The van der Waals surface area contributed by atoms with E-state index in [2.05, 4.69) is 4.99 Å². The number of nitrogens with zero attached hydrogens (tertiary/aromatic N) is 1. The van der Waals surface area contributed by atoms with Crippen molar-refractivity contribution in [3.8, 4) is 5.75 Å². The Kier molecular flexibility index (Phi) is 5.63. The van der Waals surface area contributed by atoms with Gasteiger partial charge in [-0.1, -0.05) is 47.5 Å². The number of rotatable bonds is 5. The number of halogens is 1. The summed E-state index contributed by atoms with van der Waals surface area (Å²) in [6.07, 6.45) is 1.43. The van der Waals surface area contributed by atoms with Crippen LogP contribution in [-0.4, -0.2) is 20.3 Å². The number of para-hydroxylation sites is 1. The molecule has 1 heterocycles. The summed E-state index contributed by atoms with van der Waals surface area (Å²) in [5.74, 6) is -0.397. The molecule has 0 unspecified atom stereocenters. The number of carbonyl (C=O) groups excluding carboxylic acids is 1. The first-order valence-corrected chi connectivity index (χ1v) is 11.0. The quantitative estimate of drug-likeness (QED) is 0.316. The smallest absolute Gasteiger partial charge is 0.363 e. The second kappa shape index (κ2) is 8.37. The number of aliphatic imine (C=N–C) groups is 1. The molecule has 0 fully saturated rings. The lowest BCUT2D eigenvalue weighted by molar-refractivity contribution is -0.129. The van der Waals surface area contributed by atoms with E-state index in [4.69, 9.17) is 20.5 Å². The van der Waals surface area contributed by atoms with Crippen LogP contribution in [0.15, 0.2) is 88.4 Å². The molecule has 0 N–H and O–H groups in total. The molecule has 1 aliphatic rings. The Morgan fingerprint density at radius 3 is 2.35 bits per heavy atom. The zero-order chi connectivity index (χ0) is 22.0. The highest BCUT2D eigenvalue weighted by Gasteiger charge is 2.25. The maximum atomic E-state index is 12.6. The maximum absolute atomic E-state index is 12.6. The van der Waals surface area contributed by atoms with E-state index in [-0.39, 0.29) is 22.2 Å². The molecule has 0 spiro atoms. The van der Waals surface area contributed by atoms with E-state index in [1.165, 1.54) is 36.4 Å². The molecular formula is C23H16ClNO5S. The van der Waals surface area contributed by atoms with Crippen LogP contribution in [0.25, 0.3) is 6.08 Å². The molecule has 3 aromatic carbocycles. The summed E-state index contributed by atoms with van der Waals surface area (Å²) in [6.45, 7) is 1.95. The molecule has 156 valence electrons. The minimum atomic E-state index is -4.10. The molecule has 0 saturated carbocycles. The first kappa shape index (κ1) is 20.8. The van der Waals surface area contributed by atoms with Gasteiger partial charge in [0.2, 0.25) is 5.90 Å². The molecule has 0 amide bonds. The minimum Gasteiger partial charge on any atom is -0.402 e. The first-order chi connectivity index (χ1) is 14.8. The van der Waals surface area contributed by atoms with Crippen molar-refractivity contribution in [2.45, 2.75) is 11.8 Å². The summed E-state index contributed by atoms with van der Waals surface area (Å²) in [6, 6.07) is 19.4. The van der Waals surface area contributed by atoms with Crippen molar-refractivity contribution < 1.29 is 22.1 Å². The third kappa shape index (κ3) is 4.68. The Balaban J connectivity index is 1.65. The molecule has 0 aliphatic carbocycles. The lowest BCUT2D eigenvalue weighted by Crippen LogP contribution is -2.10. The topological polar surface area (TPSA) is 82.0 Å². The first-order valence-electron chi connectivity index (χ1n) is 9.20. The largest absolute Gasteiger partial charge is 0.402 e. The number of ether oxygens (including phenoxy) is 1. The highest BCUT2D eigenvalue weighted by molar-refractivity contribution is 7.87. The van der Waals surface area contributed by atoms with Crippen molar-refractivity contribution in [1.29, 1.82) is 0 Å². The summed E-state index contributed by atoms with van der Waals surface area (Å²) >= 11 is 5.82. The second-order valence-electron chi connectivity index (χ2n) is 6.73. The van der Waals surface area contributed by atoms with Crippen LogP contribution >= 0.6 is 11.6 Å². The van der Waals surface area contributed by atoms with E-state index in [0.717, 1.165) is 5.56 Å². The fraction of sp³-hybridized carbons (Fsp3) is 0.0435. The Hall–Kier alpha value is -3.42. The van der Waals surface area contributed by atoms with E-state index < -0.39 is 16.1 Å². The maximum Gasteiger partial charge on any atom is 0.363 e. The van der Waals surface area contributed by atoms with Crippen LogP contribution in [0.4, 0.5) is 0 Å². The fourth-order valence-electron chi connectivity index (χ4n) is 2.82. The molecule has 8 heteroatoms. The molecule has 3 aromatic rings. The number of benzene rings is 3. The third-order valence-corrected chi connectivity index (χ3v) is 5.93. The van der Waals surface area contributed by atoms with Gasteiger partial charge in [-0.3, -0.25) is 0 Å². The molecule has 0 aromatic heterocycles. The van der Waals surface area contributed by atoms with Gasteiger partial charge in [-0.15, -0.1) is 0 Å². The van der Waals surface area contributed by atoms with Crippen LogP contribution in [0.1, 0.15) is 16.7 Å². The number of carbonyl (C=O) groups is 1. The van der Waals surface area contributed by atoms with Gasteiger partial charge in [0.05, 0.1) is 0 Å². The van der Waals surface area contributed by atoms with E-state index in [9.17, 15) is 13.2 Å². The molecule has 6 nitrogen and oxygen atoms in total. The number of hydrogen-bond donors (Lipinski definition) is 0. The van der Waals surface area contributed by atoms with Crippen LogP contribution < -0.4 is 4.18 Å². The van der Waals surface area contributed by atoms with Crippen molar-refractivity contribution in [3.05, 3.63) is 100 Å². The van der Waals surface area contributed by atoms with Crippen LogP contribution in [-0.2, 0) is 19.6 Å². The SMILES string of the molecule is Cc1ccc(C2=N/C(=C/c3ccccc3OS(=O)(=O)c3ccc(Cl)cc3)C(=O)O2)cc1. The molecule has 0 bridgehead atoms. The summed E-state index contributed by atoms with van der Waals surface area (Å²) < 4.78 is 35.8. The van der Waals surface area contributed by atoms with Gasteiger partial charge in [-0.05, 0) is 55.5 Å². The number of aryl methyl sites for hydroxylation is 1. The van der Waals surface area contributed by atoms with Gasteiger partial charge in [-0.2, -0.15) is 8.42 Å². The minimum absolute atomic E-state index is 0.0375. The van der Waals surface area contributed by atoms with Crippen molar-refractivity contribution in [1.82, 2.24) is 0 Å². The van der Waals surface area contributed by atoms with Crippen molar-refractivity contribution in [2.24, 2.45) is 4.99 Å². The standard InChI is InChI=1S/C23H16ClNO5S/c1-15-6-8-16(9-7-15)22-25-20(23(26)29-22)14-17-4-2-3-5-21(17)30-31(27,28)19-12-10-18(24)11-13-19/h2-14H,1H3/b20-14+. The molecule has 31 heavy (non-hydrogen) atoms. The third-order valence-electron chi connectivity index (χ3n) is 4.43. The fourth-order valence-corrected chi connectivity index (χ4v) is 3.90. The van der Waals surface area contributed by atoms with Crippen molar-refractivity contribution in [3.63, 3.8) is 0 Å².